The van der Waals surface area contributed by atoms with Gasteiger partial charge in [-0.1, -0.05) is 12.7 Å². The van der Waals surface area contributed by atoms with Crippen LogP contribution in [-0.2, 0) is 0 Å². The first kappa shape index (κ1) is 12.1. The van der Waals surface area contributed by atoms with Gasteiger partial charge in [0.05, 0.1) is 6.17 Å². The molecule has 2 rings (SSSR count). The average molecular weight is 236 g/mol. The number of benzene rings is 1. The first-order chi connectivity index (χ1) is 8.22. The van der Waals surface area contributed by atoms with E-state index in [1.807, 2.05) is 6.92 Å². The predicted molar refractivity (Wildman–Crippen MR) is 65.6 cm³/mol. The zero-order valence-electron chi connectivity index (χ0n) is 9.92. The monoisotopic (exact) mass is 236 g/mol. The largest absolute Gasteiger partial charge is 0.489 e. The summed E-state index contributed by atoms with van der Waals surface area (Å²) in [7, 11) is 0. The maximum absolute atomic E-state index is 13.8. The molecular weight excluding hydrogens is 219 g/mol. The highest BCUT2D eigenvalue weighted by Gasteiger charge is 2.20. The van der Waals surface area contributed by atoms with Crippen molar-refractivity contribution in [1.82, 2.24) is 10.6 Å². The Balaban J connectivity index is 2.27. The molecule has 2 N–H and O–H groups in total. The molecule has 0 saturated carbocycles. The smallest absolute Gasteiger partial charge is 0.129 e. The molecule has 1 aliphatic rings. The van der Waals surface area contributed by atoms with E-state index >= 15 is 0 Å². The van der Waals surface area contributed by atoms with Crippen LogP contribution in [0.5, 0.6) is 5.75 Å². The first-order valence-electron chi connectivity index (χ1n) is 5.73. The minimum atomic E-state index is -0.208. The maximum atomic E-state index is 13.8. The molecule has 1 fully saturated rings. The molecule has 4 heteroatoms. The molecule has 0 spiro atoms. The van der Waals surface area contributed by atoms with Crippen molar-refractivity contribution in [2.45, 2.75) is 13.1 Å². The van der Waals surface area contributed by atoms with Gasteiger partial charge in [0.15, 0.2) is 0 Å². The fourth-order valence-corrected chi connectivity index (χ4v) is 1.92. The summed E-state index contributed by atoms with van der Waals surface area (Å²) >= 11 is 0. The Hall–Kier alpha value is -1.39. The van der Waals surface area contributed by atoms with Gasteiger partial charge in [-0.2, -0.15) is 0 Å². The third kappa shape index (κ3) is 2.65. The van der Waals surface area contributed by atoms with E-state index in [0.717, 1.165) is 18.7 Å². The van der Waals surface area contributed by atoms with Crippen molar-refractivity contribution in [3.05, 3.63) is 41.7 Å². The Morgan fingerprint density at radius 3 is 2.82 bits per heavy atom. The zero-order chi connectivity index (χ0) is 12.3. The van der Waals surface area contributed by atoms with Gasteiger partial charge in [-0.25, -0.2) is 4.39 Å². The number of ether oxygens (including phenoxy) is 1. The second-order valence-electron chi connectivity index (χ2n) is 4.08. The van der Waals surface area contributed by atoms with Crippen LogP contribution in [0.1, 0.15) is 17.3 Å². The summed E-state index contributed by atoms with van der Waals surface area (Å²) in [5.74, 6) is 0.497. The summed E-state index contributed by atoms with van der Waals surface area (Å²) < 4.78 is 19.3. The Labute approximate surface area is 101 Å². The lowest BCUT2D eigenvalue weighted by Crippen LogP contribution is -2.22. The number of halogens is 1. The molecule has 1 heterocycles. The molecule has 0 aliphatic carbocycles. The van der Waals surface area contributed by atoms with Crippen LogP contribution in [0, 0.1) is 12.7 Å². The lowest BCUT2D eigenvalue weighted by Gasteiger charge is -2.15. The molecule has 1 aliphatic heterocycles. The number of rotatable bonds is 4. The number of aryl methyl sites for hydroxylation is 1. The molecular formula is C13H17FN2O. The summed E-state index contributed by atoms with van der Waals surface area (Å²) in [5, 5.41) is 6.38. The van der Waals surface area contributed by atoms with E-state index in [0.29, 0.717) is 17.9 Å². The van der Waals surface area contributed by atoms with E-state index in [2.05, 4.69) is 17.2 Å². The highest BCUT2D eigenvalue weighted by Crippen LogP contribution is 2.26. The molecule has 0 atom stereocenters. The van der Waals surface area contributed by atoms with Gasteiger partial charge in [-0.15, -0.1) is 0 Å². The molecule has 0 amide bonds. The second kappa shape index (κ2) is 5.29. The van der Waals surface area contributed by atoms with Gasteiger partial charge in [0.1, 0.15) is 18.2 Å². The standard InChI is InChI=1S/C13H17FN2O/c1-3-6-17-12-8-10(11(14)7-9(12)2)13-15-4-5-16-13/h3,7-8,13,15-16H,1,4-6H2,2H3. The SMILES string of the molecule is C=CCOc1cc(C2NCCN2)c(F)cc1C. The predicted octanol–water partition coefficient (Wildman–Crippen LogP) is 1.89. The van der Waals surface area contributed by atoms with E-state index < -0.39 is 0 Å². The van der Waals surface area contributed by atoms with Crippen molar-refractivity contribution in [1.29, 1.82) is 0 Å². The molecule has 92 valence electrons. The maximum Gasteiger partial charge on any atom is 0.129 e. The number of nitrogens with one attached hydrogen (secondary N) is 2. The first-order valence-corrected chi connectivity index (χ1v) is 5.73. The van der Waals surface area contributed by atoms with Crippen molar-refractivity contribution < 1.29 is 9.13 Å². The van der Waals surface area contributed by atoms with Crippen LogP contribution in [0.25, 0.3) is 0 Å². The van der Waals surface area contributed by atoms with Crippen molar-refractivity contribution in [3.63, 3.8) is 0 Å². The quantitative estimate of drug-likeness (QED) is 0.783. The third-order valence-corrected chi connectivity index (χ3v) is 2.78. The molecule has 1 saturated heterocycles. The molecule has 1 aromatic rings. The van der Waals surface area contributed by atoms with E-state index in [-0.39, 0.29) is 12.0 Å². The lowest BCUT2D eigenvalue weighted by atomic mass is 10.1. The normalized spacial score (nSPS) is 16.1. The van der Waals surface area contributed by atoms with Gasteiger partial charge in [0.2, 0.25) is 0 Å². The Kier molecular flexibility index (Phi) is 3.76. The Morgan fingerprint density at radius 2 is 2.18 bits per heavy atom. The van der Waals surface area contributed by atoms with Gasteiger partial charge in [0.25, 0.3) is 0 Å². The van der Waals surface area contributed by atoms with Crippen LogP contribution in [0.2, 0.25) is 0 Å². The van der Waals surface area contributed by atoms with Crippen LogP contribution >= 0.6 is 0 Å². The van der Waals surface area contributed by atoms with E-state index in [1.54, 1.807) is 12.1 Å². The van der Waals surface area contributed by atoms with Gasteiger partial charge >= 0.3 is 0 Å². The van der Waals surface area contributed by atoms with E-state index in [1.165, 1.54) is 6.07 Å². The Morgan fingerprint density at radius 1 is 1.47 bits per heavy atom. The topological polar surface area (TPSA) is 33.3 Å². The average Bonchev–Trinajstić information content (AvgIpc) is 2.81. The molecule has 0 unspecified atom stereocenters. The molecule has 17 heavy (non-hydrogen) atoms. The van der Waals surface area contributed by atoms with Crippen molar-refractivity contribution in [2.24, 2.45) is 0 Å². The lowest BCUT2D eigenvalue weighted by molar-refractivity contribution is 0.358. The summed E-state index contributed by atoms with van der Waals surface area (Å²) in [6.07, 6.45) is 1.55. The van der Waals surface area contributed by atoms with E-state index in [9.17, 15) is 4.39 Å². The van der Waals surface area contributed by atoms with Crippen LogP contribution in [0.15, 0.2) is 24.8 Å². The molecule has 3 nitrogen and oxygen atoms in total. The van der Waals surface area contributed by atoms with Crippen LogP contribution in [0.3, 0.4) is 0 Å². The minimum absolute atomic E-state index is 0.123. The zero-order valence-corrected chi connectivity index (χ0v) is 9.92. The molecule has 0 aromatic heterocycles. The fourth-order valence-electron chi connectivity index (χ4n) is 1.92. The van der Waals surface area contributed by atoms with Crippen LogP contribution < -0.4 is 15.4 Å². The fraction of sp³-hybridized carbons (Fsp3) is 0.385. The summed E-state index contributed by atoms with van der Waals surface area (Å²) in [6.45, 7) is 7.56. The summed E-state index contributed by atoms with van der Waals surface area (Å²) in [5.41, 5.74) is 1.40. The summed E-state index contributed by atoms with van der Waals surface area (Å²) in [6, 6.07) is 3.26. The van der Waals surface area contributed by atoms with Crippen LogP contribution in [-0.4, -0.2) is 19.7 Å². The third-order valence-electron chi connectivity index (χ3n) is 2.78. The van der Waals surface area contributed by atoms with Crippen LogP contribution in [0.4, 0.5) is 4.39 Å². The molecule has 1 aromatic carbocycles. The highest BCUT2D eigenvalue weighted by molar-refractivity contribution is 5.39. The van der Waals surface area contributed by atoms with Gasteiger partial charge in [0, 0.05) is 18.7 Å². The van der Waals surface area contributed by atoms with Crippen molar-refractivity contribution >= 4 is 0 Å². The molecule has 0 radical (unpaired) electrons. The van der Waals surface area contributed by atoms with Gasteiger partial charge < -0.3 is 4.74 Å². The summed E-state index contributed by atoms with van der Waals surface area (Å²) in [4.78, 5) is 0. The van der Waals surface area contributed by atoms with E-state index in [4.69, 9.17) is 4.74 Å². The number of hydrogen-bond donors (Lipinski definition) is 2. The minimum Gasteiger partial charge on any atom is -0.489 e. The van der Waals surface area contributed by atoms with Gasteiger partial charge in [-0.3, -0.25) is 10.6 Å². The Bertz CT molecular complexity index is 414. The second-order valence-corrected chi connectivity index (χ2v) is 4.08. The van der Waals surface area contributed by atoms with Crippen molar-refractivity contribution in [3.8, 4) is 5.75 Å². The molecule has 0 bridgehead atoms. The number of hydrogen-bond acceptors (Lipinski definition) is 3. The highest BCUT2D eigenvalue weighted by atomic mass is 19.1. The van der Waals surface area contributed by atoms with Gasteiger partial charge in [-0.05, 0) is 24.6 Å². The van der Waals surface area contributed by atoms with Crippen molar-refractivity contribution in [2.75, 3.05) is 19.7 Å².